The van der Waals surface area contributed by atoms with E-state index in [1.807, 2.05) is 37.3 Å². The monoisotopic (exact) mass is 560 g/mol. The van der Waals surface area contributed by atoms with Gasteiger partial charge >= 0.3 is 0 Å². The van der Waals surface area contributed by atoms with Crippen LogP contribution in [0.4, 0.5) is 0 Å². The van der Waals surface area contributed by atoms with Crippen molar-refractivity contribution in [3.63, 3.8) is 0 Å². The van der Waals surface area contributed by atoms with Crippen molar-refractivity contribution in [2.75, 3.05) is 20.3 Å². The number of ether oxygens (including phenoxy) is 2. The van der Waals surface area contributed by atoms with Gasteiger partial charge in [0.1, 0.15) is 0 Å². The zero-order valence-corrected chi connectivity index (χ0v) is 26.1. The third-order valence-electron chi connectivity index (χ3n) is 7.76. The minimum atomic E-state index is -2.63. The molecule has 4 atom stereocenters. The minimum absolute atomic E-state index is 0.0113. The van der Waals surface area contributed by atoms with Gasteiger partial charge in [0, 0.05) is 32.0 Å². The molecule has 0 saturated heterocycles. The number of benzene rings is 3. The molecule has 0 aliphatic carbocycles. The molecular formula is C35H48O4Si. The third kappa shape index (κ3) is 8.48. The molecule has 0 saturated carbocycles. The molecule has 0 fully saturated rings. The molecule has 4 nitrogen and oxygen atoms in total. The normalized spacial score (nSPS) is 15.6. The van der Waals surface area contributed by atoms with Crippen LogP contribution in [0.2, 0.25) is 5.04 Å². The topological polar surface area (TPSA) is 47.9 Å². The molecule has 216 valence electrons. The molecule has 3 aromatic carbocycles. The molecule has 0 bridgehead atoms. The molecule has 3 rings (SSSR count). The Balaban J connectivity index is 1.64. The highest BCUT2D eigenvalue weighted by molar-refractivity contribution is 6.99. The van der Waals surface area contributed by atoms with Gasteiger partial charge in [0.15, 0.2) is 0 Å². The average molecular weight is 561 g/mol. The Morgan fingerprint density at radius 3 is 1.85 bits per heavy atom. The molecule has 0 aliphatic heterocycles. The van der Waals surface area contributed by atoms with Crippen LogP contribution < -0.4 is 10.4 Å². The van der Waals surface area contributed by atoms with Gasteiger partial charge in [-0.15, -0.1) is 0 Å². The number of aliphatic hydroxyl groups excluding tert-OH is 1. The molecule has 40 heavy (non-hydrogen) atoms. The van der Waals surface area contributed by atoms with Crippen molar-refractivity contribution in [2.45, 2.75) is 64.9 Å². The number of hydrogen-bond donors (Lipinski definition) is 1. The molecule has 0 radical (unpaired) electrons. The summed E-state index contributed by atoms with van der Waals surface area (Å²) in [5, 5.41) is 13.5. The van der Waals surface area contributed by atoms with Gasteiger partial charge in [0.05, 0.1) is 25.4 Å². The zero-order valence-electron chi connectivity index (χ0n) is 25.1. The minimum Gasteiger partial charge on any atom is -0.407 e. The smallest absolute Gasteiger partial charge is 0.261 e. The second-order valence-corrected chi connectivity index (χ2v) is 16.1. The van der Waals surface area contributed by atoms with Crippen molar-refractivity contribution >= 4 is 18.7 Å². The van der Waals surface area contributed by atoms with Gasteiger partial charge in [-0.2, -0.15) is 0 Å². The maximum absolute atomic E-state index is 11.0. The second kappa shape index (κ2) is 15.5. The Bertz CT molecular complexity index is 1090. The van der Waals surface area contributed by atoms with Crippen LogP contribution in [0.15, 0.2) is 103 Å². The van der Waals surface area contributed by atoms with Crippen LogP contribution in [-0.2, 0) is 20.5 Å². The standard InChI is InChI=1S/C35H48O4Si/c1-28(17-16-24-38-27-30-18-10-7-11-19-30)33(36)25-34(37-6)29(2)26-39-40(35(3,4)5,31-20-12-8-13-21-31)32-22-14-9-15-23-32/h7-23,28-29,33-34,36H,24-27H2,1-6H3/b17-16+/t28-,29-,33+,34+/m0/s1. The first-order chi connectivity index (χ1) is 19.2. The lowest BCUT2D eigenvalue weighted by Gasteiger charge is -2.44. The van der Waals surface area contributed by atoms with Gasteiger partial charge in [-0.25, -0.2) is 0 Å². The van der Waals surface area contributed by atoms with Crippen molar-refractivity contribution in [3.8, 4) is 0 Å². The van der Waals surface area contributed by atoms with E-state index in [0.29, 0.717) is 26.2 Å². The maximum Gasteiger partial charge on any atom is 0.261 e. The maximum atomic E-state index is 11.0. The van der Waals surface area contributed by atoms with E-state index in [1.165, 1.54) is 10.4 Å². The van der Waals surface area contributed by atoms with Crippen LogP contribution in [0.25, 0.3) is 0 Å². The third-order valence-corrected chi connectivity index (χ3v) is 12.8. The van der Waals surface area contributed by atoms with Gasteiger partial charge in [-0.3, -0.25) is 0 Å². The van der Waals surface area contributed by atoms with Crippen LogP contribution in [0.3, 0.4) is 0 Å². The Morgan fingerprint density at radius 2 is 1.35 bits per heavy atom. The van der Waals surface area contributed by atoms with Crippen LogP contribution in [0.5, 0.6) is 0 Å². The summed E-state index contributed by atoms with van der Waals surface area (Å²) in [6.45, 7) is 12.7. The molecule has 0 amide bonds. The number of rotatable bonds is 15. The average Bonchev–Trinajstić information content (AvgIpc) is 2.96. The Labute approximate surface area is 243 Å². The fraction of sp³-hybridized carbons (Fsp3) is 0.429. The SMILES string of the molecule is CO[C@H](C[C@@H](O)[C@@H](C)/C=C/COCc1ccccc1)[C@@H](C)CO[Si](c1ccccc1)(c1ccccc1)C(C)(C)C. The Kier molecular flexibility index (Phi) is 12.4. The molecule has 0 aliphatic rings. The molecule has 0 unspecified atom stereocenters. The molecule has 0 heterocycles. The summed E-state index contributed by atoms with van der Waals surface area (Å²) < 4.78 is 18.8. The first-order valence-corrected chi connectivity index (χ1v) is 16.3. The van der Waals surface area contributed by atoms with Crippen molar-refractivity contribution < 1.29 is 19.0 Å². The van der Waals surface area contributed by atoms with Crippen molar-refractivity contribution in [2.24, 2.45) is 11.8 Å². The first-order valence-electron chi connectivity index (χ1n) is 14.4. The summed E-state index contributed by atoms with van der Waals surface area (Å²) >= 11 is 0. The van der Waals surface area contributed by atoms with E-state index in [1.54, 1.807) is 7.11 Å². The van der Waals surface area contributed by atoms with Crippen LogP contribution in [-0.4, -0.2) is 46.0 Å². The van der Waals surface area contributed by atoms with Crippen molar-refractivity contribution in [1.29, 1.82) is 0 Å². The van der Waals surface area contributed by atoms with Gasteiger partial charge in [0.2, 0.25) is 0 Å². The second-order valence-electron chi connectivity index (χ2n) is 11.8. The van der Waals surface area contributed by atoms with Crippen LogP contribution in [0, 0.1) is 11.8 Å². The largest absolute Gasteiger partial charge is 0.407 e. The number of aliphatic hydroxyl groups is 1. The van der Waals surface area contributed by atoms with Gasteiger partial charge in [-0.05, 0) is 21.0 Å². The van der Waals surface area contributed by atoms with E-state index in [4.69, 9.17) is 13.9 Å². The summed E-state index contributed by atoms with van der Waals surface area (Å²) in [5.74, 6) is 0.0921. The zero-order chi connectivity index (χ0) is 29.0. The molecule has 5 heteroatoms. The lowest BCUT2D eigenvalue weighted by Crippen LogP contribution is -2.67. The fourth-order valence-corrected chi connectivity index (χ4v) is 10.0. The van der Waals surface area contributed by atoms with E-state index >= 15 is 0 Å². The predicted molar refractivity (Wildman–Crippen MR) is 169 cm³/mol. The summed E-state index contributed by atoms with van der Waals surface area (Å²) in [4.78, 5) is 0. The quantitative estimate of drug-likeness (QED) is 0.133. The fourth-order valence-electron chi connectivity index (χ4n) is 5.36. The first kappa shape index (κ1) is 32.0. The van der Waals surface area contributed by atoms with Gasteiger partial charge < -0.3 is 19.0 Å². The number of methoxy groups -OCH3 is 1. The lowest BCUT2D eigenvalue weighted by molar-refractivity contribution is -0.00865. The molecule has 0 spiro atoms. The van der Waals surface area contributed by atoms with Crippen LogP contribution in [0.1, 0.15) is 46.6 Å². The van der Waals surface area contributed by atoms with E-state index in [-0.39, 0.29) is 23.0 Å². The highest BCUT2D eigenvalue weighted by atomic mass is 28.4. The van der Waals surface area contributed by atoms with E-state index in [9.17, 15) is 5.11 Å². The number of hydrogen-bond acceptors (Lipinski definition) is 4. The molecule has 0 aromatic heterocycles. The summed E-state index contributed by atoms with van der Waals surface area (Å²) in [6.07, 6.45) is 3.92. The Hall–Kier alpha value is -2.54. The van der Waals surface area contributed by atoms with Gasteiger partial charge in [0.25, 0.3) is 8.32 Å². The predicted octanol–water partition coefficient (Wildman–Crippen LogP) is 6.37. The van der Waals surface area contributed by atoms with Crippen LogP contribution >= 0.6 is 0 Å². The van der Waals surface area contributed by atoms with Gasteiger partial charge in [-0.1, -0.05) is 138 Å². The van der Waals surface area contributed by atoms with Crippen molar-refractivity contribution in [3.05, 3.63) is 109 Å². The molecule has 3 aromatic rings. The highest BCUT2D eigenvalue weighted by Crippen LogP contribution is 2.37. The van der Waals surface area contributed by atoms with E-state index < -0.39 is 14.4 Å². The Morgan fingerprint density at radius 1 is 0.825 bits per heavy atom. The lowest BCUT2D eigenvalue weighted by atomic mass is 9.93. The van der Waals surface area contributed by atoms with E-state index in [0.717, 1.165) is 5.56 Å². The summed E-state index contributed by atoms with van der Waals surface area (Å²) in [5.41, 5.74) is 1.15. The van der Waals surface area contributed by atoms with Crippen molar-refractivity contribution in [1.82, 2.24) is 0 Å². The van der Waals surface area contributed by atoms with E-state index in [2.05, 4.69) is 100 Å². The molecule has 1 N–H and O–H groups in total. The summed E-state index contributed by atoms with van der Waals surface area (Å²) in [7, 11) is -0.895. The molecular weight excluding hydrogens is 512 g/mol. The summed E-state index contributed by atoms with van der Waals surface area (Å²) in [6, 6.07) is 31.5. The highest BCUT2D eigenvalue weighted by Gasteiger charge is 2.50.